The van der Waals surface area contributed by atoms with Crippen LogP contribution in [0.4, 0.5) is 8.78 Å². The molecule has 1 atom stereocenters. The van der Waals surface area contributed by atoms with Gasteiger partial charge >= 0.3 is 0 Å². The van der Waals surface area contributed by atoms with Crippen molar-refractivity contribution in [2.24, 2.45) is 5.73 Å². The summed E-state index contributed by atoms with van der Waals surface area (Å²) >= 11 is 3.22. The van der Waals surface area contributed by atoms with Gasteiger partial charge in [-0.2, -0.15) is 0 Å². The maximum atomic E-state index is 13.4. The van der Waals surface area contributed by atoms with Crippen molar-refractivity contribution in [2.75, 3.05) is 20.8 Å². The molecule has 3 N–H and O–H groups in total. The van der Waals surface area contributed by atoms with Gasteiger partial charge in [0.1, 0.15) is 24.1 Å². The molecule has 0 radical (unpaired) electrons. The predicted molar refractivity (Wildman–Crippen MR) is 66.2 cm³/mol. The Bertz CT molecular complexity index is 429. The lowest BCUT2D eigenvalue weighted by molar-refractivity contribution is -0.0716. The molecule has 0 fully saturated rings. The third-order valence-electron chi connectivity index (χ3n) is 2.51. The molecule has 0 heterocycles. The molecule has 0 aliphatic carbocycles. The Labute approximate surface area is 112 Å². The summed E-state index contributed by atoms with van der Waals surface area (Å²) in [5, 5.41) is 8.66. The first-order valence-corrected chi connectivity index (χ1v) is 5.82. The third-order valence-corrected chi connectivity index (χ3v) is 3.12. The first-order valence-electron chi connectivity index (χ1n) is 5.03. The standard InChI is InChI=1S/C11H14BrF2NO3/c1-17-8-4-7(12)9(18-2)3-6(8)10(15)11(13,14)5-16/h3-4,10,16H,5,15H2,1-2H3/t10-/m1/s1. The summed E-state index contributed by atoms with van der Waals surface area (Å²) < 4.78 is 37.4. The molecule has 0 amide bonds. The number of ether oxygens (including phenoxy) is 2. The van der Waals surface area contributed by atoms with E-state index in [1.807, 2.05) is 0 Å². The minimum absolute atomic E-state index is 0.0663. The van der Waals surface area contributed by atoms with E-state index < -0.39 is 18.6 Å². The molecule has 0 aromatic heterocycles. The lowest BCUT2D eigenvalue weighted by Gasteiger charge is -2.24. The van der Waals surface area contributed by atoms with Crippen LogP contribution in [0.2, 0.25) is 0 Å². The molecule has 18 heavy (non-hydrogen) atoms. The van der Waals surface area contributed by atoms with E-state index in [1.165, 1.54) is 26.4 Å². The molecule has 0 aliphatic rings. The topological polar surface area (TPSA) is 64.7 Å². The number of alkyl halides is 2. The highest BCUT2D eigenvalue weighted by Crippen LogP contribution is 2.39. The Balaban J connectivity index is 3.29. The SMILES string of the molecule is COc1cc([C@@H](N)C(F)(F)CO)c(OC)cc1Br. The molecule has 102 valence electrons. The van der Waals surface area contributed by atoms with Gasteiger partial charge in [-0.25, -0.2) is 8.78 Å². The average Bonchev–Trinajstić information content (AvgIpc) is 2.37. The number of halogens is 3. The van der Waals surface area contributed by atoms with Gasteiger partial charge in [0.15, 0.2) is 0 Å². The molecular formula is C11H14BrF2NO3. The number of hydrogen-bond acceptors (Lipinski definition) is 4. The Kier molecular flexibility index (Phi) is 4.89. The maximum Gasteiger partial charge on any atom is 0.289 e. The molecule has 0 unspecified atom stereocenters. The summed E-state index contributed by atoms with van der Waals surface area (Å²) in [6, 6.07) is 1.16. The highest BCUT2D eigenvalue weighted by atomic mass is 79.9. The van der Waals surface area contributed by atoms with Gasteiger partial charge in [-0.3, -0.25) is 0 Å². The van der Waals surface area contributed by atoms with Crippen molar-refractivity contribution in [1.29, 1.82) is 0 Å². The predicted octanol–water partition coefficient (Wildman–Crippen LogP) is 2.09. The number of methoxy groups -OCH3 is 2. The largest absolute Gasteiger partial charge is 0.496 e. The second-order valence-corrected chi connectivity index (χ2v) is 4.48. The Morgan fingerprint density at radius 2 is 1.89 bits per heavy atom. The van der Waals surface area contributed by atoms with Gasteiger partial charge in [0, 0.05) is 5.56 Å². The van der Waals surface area contributed by atoms with Crippen LogP contribution in [0.1, 0.15) is 11.6 Å². The molecule has 0 saturated carbocycles. The van der Waals surface area contributed by atoms with Crippen molar-refractivity contribution in [3.05, 3.63) is 22.2 Å². The van der Waals surface area contributed by atoms with Gasteiger partial charge in [0.05, 0.1) is 18.7 Å². The van der Waals surface area contributed by atoms with Crippen LogP contribution in [-0.4, -0.2) is 31.9 Å². The van der Waals surface area contributed by atoms with Crippen LogP contribution in [0.5, 0.6) is 11.5 Å². The smallest absolute Gasteiger partial charge is 0.289 e. The zero-order chi connectivity index (χ0) is 13.9. The van der Waals surface area contributed by atoms with Crippen LogP contribution < -0.4 is 15.2 Å². The number of aliphatic hydroxyl groups excluding tert-OH is 1. The minimum Gasteiger partial charge on any atom is -0.496 e. The van der Waals surface area contributed by atoms with Crippen molar-refractivity contribution < 1.29 is 23.4 Å². The van der Waals surface area contributed by atoms with Gasteiger partial charge in [-0.15, -0.1) is 0 Å². The van der Waals surface area contributed by atoms with Crippen molar-refractivity contribution in [3.63, 3.8) is 0 Å². The van der Waals surface area contributed by atoms with Crippen LogP contribution in [0.25, 0.3) is 0 Å². The number of nitrogens with two attached hydrogens (primary N) is 1. The van der Waals surface area contributed by atoms with E-state index >= 15 is 0 Å². The van der Waals surface area contributed by atoms with Gasteiger partial charge in [0.25, 0.3) is 5.92 Å². The van der Waals surface area contributed by atoms with Crippen molar-refractivity contribution in [2.45, 2.75) is 12.0 Å². The van der Waals surface area contributed by atoms with Crippen LogP contribution in [-0.2, 0) is 0 Å². The van der Waals surface area contributed by atoms with E-state index in [-0.39, 0.29) is 11.3 Å². The lowest BCUT2D eigenvalue weighted by Crippen LogP contribution is -2.36. The van der Waals surface area contributed by atoms with E-state index in [1.54, 1.807) is 0 Å². The summed E-state index contributed by atoms with van der Waals surface area (Å²) in [5.41, 5.74) is 5.54. The average molecular weight is 326 g/mol. The number of benzene rings is 1. The van der Waals surface area contributed by atoms with Gasteiger partial charge in [-0.1, -0.05) is 0 Å². The fourth-order valence-electron chi connectivity index (χ4n) is 1.45. The second kappa shape index (κ2) is 5.81. The lowest BCUT2D eigenvalue weighted by atomic mass is 10.0. The summed E-state index contributed by atoms with van der Waals surface area (Å²) in [4.78, 5) is 0. The van der Waals surface area contributed by atoms with E-state index in [4.69, 9.17) is 20.3 Å². The van der Waals surface area contributed by atoms with E-state index in [9.17, 15) is 8.78 Å². The number of rotatable bonds is 5. The molecule has 1 aromatic rings. The summed E-state index contributed by atoms with van der Waals surface area (Å²) in [6.07, 6.45) is 0. The summed E-state index contributed by atoms with van der Waals surface area (Å²) in [7, 11) is 2.76. The molecule has 1 rings (SSSR count). The van der Waals surface area contributed by atoms with Crippen LogP contribution in [0.15, 0.2) is 16.6 Å². The first kappa shape index (κ1) is 15.1. The Morgan fingerprint density at radius 3 is 2.33 bits per heavy atom. The molecule has 0 saturated heterocycles. The minimum atomic E-state index is -3.44. The summed E-state index contributed by atoms with van der Waals surface area (Å²) in [6.45, 7) is -1.34. The molecule has 1 aromatic carbocycles. The maximum absolute atomic E-state index is 13.4. The van der Waals surface area contributed by atoms with E-state index in [0.29, 0.717) is 10.2 Å². The molecule has 0 aliphatic heterocycles. The normalized spacial score (nSPS) is 13.3. The van der Waals surface area contributed by atoms with Gasteiger partial charge in [-0.05, 0) is 28.1 Å². The molecule has 0 spiro atoms. The van der Waals surface area contributed by atoms with Crippen LogP contribution >= 0.6 is 15.9 Å². The third kappa shape index (κ3) is 2.90. The van der Waals surface area contributed by atoms with Gasteiger partial charge in [0.2, 0.25) is 0 Å². The van der Waals surface area contributed by atoms with Crippen molar-refractivity contribution in [3.8, 4) is 11.5 Å². The monoisotopic (exact) mass is 325 g/mol. The highest BCUT2D eigenvalue weighted by molar-refractivity contribution is 9.10. The fraction of sp³-hybridized carbons (Fsp3) is 0.455. The highest BCUT2D eigenvalue weighted by Gasteiger charge is 2.39. The van der Waals surface area contributed by atoms with E-state index in [0.717, 1.165) is 0 Å². The second-order valence-electron chi connectivity index (χ2n) is 3.63. The quantitative estimate of drug-likeness (QED) is 0.870. The molecule has 4 nitrogen and oxygen atoms in total. The van der Waals surface area contributed by atoms with Crippen LogP contribution in [0.3, 0.4) is 0 Å². The molecular weight excluding hydrogens is 312 g/mol. The zero-order valence-electron chi connectivity index (χ0n) is 9.91. The molecule has 0 bridgehead atoms. The zero-order valence-corrected chi connectivity index (χ0v) is 11.5. The summed E-state index contributed by atoms with van der Waals surface area (Å²) in [5.74, 6) is -2.88. The Hall–Kier alpha value is -0.920. The first-order chi connectivity index (χ1) is 8.37. The van der Waals surface area contributed by atoms with Crippen LogP contribution in [0, 0.1) is 0 Å². The fourth-order valence-corrected chi connectivity index (χ4v) is 1.94. The number of aliphatic hydroxyl groups is 1. The Morgan fingerprint density at radius 1 is 1.33 bits per heavy atom. The number of hydrogen-bond donors (Lipinski definition) is 2. The van der Waals surface area contributed by atoms with Crippen molar-refractivity contribution >= 4 is 15.9 Å². The molecule has 7 heteroatoms. The van der Waals surface area contributed by atoms with Gasteiger partial charge < -0.3 is 20.3 Å². The van der Waals surface area contributed by atoms with E-state index in [2.05, 4.69) is 15.9 Å². The van der Waals surface area contributed by atoms with Crippen molar-refractivity contribution in [1.82, 2.24) is 0 Å².